The van der Waals surface area contributed by atoms with E-state index in [9.17, 15) is 18.8 Å². The molecule has 2 aromatic carbocycles. The average Bonchev–Trinajstić information content (AvgIpc) is 3.21. The van der Waals surface area contributed by atoms with E-state index in [0.717, 1.165) is 22.3 Å². The summed E-state index contributed by atoms with van der Waals surface area (Å²) in [6.07, 6.45) is 0. The minimum Gasteiger partial charge on any atom is -0.484 e. The van der Waals surface area contributed by atoms with Crippen LogP contribution in [0.25, 0.3) is 22.1 Å². The molecule has 7 nitrogen and oxygen atoms in total. The monoisotopic (exact) mass is 481 g/mol. The summed E-state index contributed by atoms with van der Waals surface area (Å²) in [5, 5.41) is 5.45. The van der Waals surface area contributed by atoms with Gasteiger partial charge in [-0.2, -0.15) is 0 Å². The second-order valence-corrected chi connectivity index (χ2v) is 8.20. The highest BCUT2D eigenvalue weighted by Crippen LogP contribution is 2.36. The van der Waals surface area contributed by atoms with Gasteiger partial charge in [0.2, 0.25) is 0 Å². The fraction of sp³-hybridized carbons (Fsp3) is 0.160. The number of hydrogen-bond donors (Lipinski definition) is 1. The van der Waals surface area contributed by atoms with Crippen LogP contribution in [0.5, 0.6) is 5.75 Å². The molecule has 9 heteroatoms. The maximum Gasteiger partial charge on any atom is 0.341 e. The van der Waals surface area contributed by atoms with Gasteiger partial charge in [-0.05, 0) is 49.2 Å². The number of esters is 1. The van der Waals surface area contributed by atoms with Crippen LogP contribution < -0.4 is 15.7 Å². The number of amides is 1. The summed E-state index contributed by atoms with van der Waals surface area (Å²) in [5.41, 5.74) is 1.99. The molecule has 0 fully saturated rings. The number of hydrogen-bond acceptors (Lipinski definition) is 7. The molecule has 0 bridgehead atoms. The summed E-state index contributed by atoms with van der Waals surface area (Å²) in [6, 6.07) is 12.0. The van der Waals surface area contributed by atoms with Gasteiger partial charge in [0.1, 0.15) is 27.7 Å². The van der Waals surface area contributed by atoms with Crippen LogP contribution in [0.4, 0.5) is 9.39 Å². The van der Waals surface area contributed by atoms with Crippen molar-refractivity contribution in [3.8, 4) is 16.9 Å². The van der Waals surface area contributed by atoms with Gasteiger partial charge in [0.05, 0.1) is 6.61 Å². The Hall–Kier alpha value is -3.98. The Morgan fingerprint density at radius 1 is 1.12 bits per heavy atom. The van der Waals surface area contributed by atoms with Crippen molar-refractivity contribution in [3.05, 3.63) is 81.3 Å². The molecule has 0 spiro atoms. The number of carbonyl (C=O) groups excluding carboxylic acids is 2. The average molecular weight is 482 g/mol. The zero-order chi connectivity index (χ0) is 24.2. The lowest BCUT2D eigenvalue weighted by molar-refractivity contribution is -0.118. The van der Waals surface area contributed by atoms with Crippen LogP contribution in [0, 0.1) is 12.7 Å². The predicted octanol–water partition coefficient (Wildman–Crippen LogP) is 5.16. The topological polar surface area (TPSA) is 94.8 Å². The largest absolute Gasteiger partial charge is 0.484 e. The van der Waals surface area contributed by atoms with Gasteiger partial charge in [0, 0.05) is 28.5 Å². The Labute approximate surface area is 197 Å². The zero-order valence-electron chi connectivity index (χ0n) is 18.3. The Balaban J connectivity index is 1.52. The van der Waals surface area contributed by atoms with E-state index in [4.69, 9.17) is 13.9 Å². The third kappa shape index (κ3) is 4.99. The minimum absolute atomic E-state index is 0.158. The number of nitrogens with one attached hydrogen (secondary N) is 1. The summed E-state index contributed by atoms with van der Waals surface area (Å²) in [6.45, 7) is 3.30. The fourth-order valence-electron chi connectivity index (χ4n) is 3.40. The number of benzene rings is 2. The lowest BCUT2D eigenvalue weighted by Crippen LogP contribution is -2.21. The summed E-state index contributed by atoms with van der Waals surface area (Å²) in [4.78, 5) is 36.8. The van der Waals surface area contributed by atoms with Crippen LogP contribution >= 0.6 is 11.3 Å². The fourth-order valence-corrected chi connectivity index (χ4v) is 4.38. The van der Waals surface area contributed by atoms with Crippen LogP contribution in [-0.4, -0.2) is 25.1 Å². The van der Waals surface area contributed by atoms with Gasteiger partial charge >= 0.3 is 11.6 Å². The Kier molecular flexibility index (Phi) is 6.74. The maximum atomic E-state index is 13.3. The highest BCUT2D eigenvalue weighted by molar-refractivity contribution is 7.15. The van der Waals surface area contributed by atoms with Crippen LogP contribution in [0.1, 0.15) is 22.8 Å². The number of ether oxygens (including phenoxy) is 2. The van der Waals surface area contributed by atoms with Crippen molar-refractivity contribution in [3.63, 3.8) is 0 Å². The Bertz CT molecular complexity index is 1420. The highest BCUT2D eigenvalue weighted by Gasteiger charge is 2.23. The normalized spacial score (nSPS) is 10.8. The van der Waals surface area contributed by atoms with Crippen molar-refractivity contribution in [2.75, 3.05) is 18.5 Å². The Morgan fingerprint density at radius 3 is 2.62 bits per heavy atom. The SMILES string of the molecule is CCOC(=O)c1c(-c2ccc(F)cc2)csc1NC(=O)COc1ccc2c(C)cc(=O)oc2c1. The van der Waals surface area contributed by atoms with Gasteiger partial charge in [-0.25, -0.2) is 14.0 Å². The van der Waals surface area contributed by atoms with Crippen LogP contribution in [0.15, 0.2) is 63.1 Å². The number of thiophene rings is 1. The third-order valence-corrected chi connectivity index (χ3v) is 5.87. The molecule has 1 amide bonds. The summed E-state index contributed by atoms with van der Waals surface area (Å²) < 4.78 is 29.2. The predicted molar refractivity (Wildman–Crippen MR) is 127 cm³/mol. The van der Waals surface area contributed by atoms with E-state index >= 15 is 0 Å². The first-order valence-electron chi connectivity index (χ1n) is 10.4. The molecule has 0 aliphatic rings. The van der Waals surface area contributed by atoms with Crippen molar-refractivity contribution < 1.29 is 27.9 Å². The second-order valence-electron chi connectivity index (χ2n) is 7.32. The number of halogens is 1. The molecule has 4 aromatic rings. The lowest BCUT2D eigenvalue weighted by Gasteiger charge is -2.10. The molecule has 34 heavy (non-hydrogen) atoms. The van der Waals surface area contributed by atoms with Gasteiger partial charge in [-0.3, -0.25) is 4.79 Å². The number of anilines is 1. The first kappa shape index (κ1) is 23.2. The number of fused-ring (bicyclic) bond motifs is 1. The first-order valence-corrected chi connectivity index (χ1v) is 11.3. The molecule has 0 aliphatic carbocycles. The molecule has 0 atom stereocenters. The standard InChI is InChI=1S/C25H20FNO6S/c1-3-31-25(30)23-19(15-4-6-16(26)7-5-15)13-34-24(23)27-21(28)12-32-17-8-9-18-14(2)10-22(29)33-20(18)11-17/h4-11,13H,3,12H2,1-2H3,(H,27,28). The molecule has 174 valence electrons. The number of rotatable bonds is 7. The molecule has 0 unspecified atom stereocenters. The number of aryl methyl sites for hydroxylation is 1. The molecule has 4 rings (SSSR count). The van der Waals surface area contributed by atoms with E-state index in [1.165, 1.54) is 18.2 Å². The van der Waals surface area contributed by atoms with Crippen LogP contribution in [0.3, 0.4) is 0 Å². The quantitative estimate of drug-likeness (QED) is 0.289. The van der Waals surface area contributed by atoms with Crippen molar-refractivity contribution in [1.29, 1.82) is 0 Å². The minimum atomic E-state index is -0.598. The first-order chi connectivity index (χ1) is 16.4. The third-order valence-electron chi connectivity index (χ3n) is 4.97. The Morgan fingerprint density at radius 2 is 1.88 bits per heavy atom. The lowest BCUT2D eigenvalue weighted by atomic mass is 10.0. The van der Waals surface area contributed by atoms with Gasteiger partial charge < -0.3 is 19.2 Å². The van der Waals surface area contributed by atoms with E-state index in [1.54, 1.807) is 49.6 Å². The van der Waals surface area contributed by atoms with Gasteiger partial charge in [0.25, 0.3) is 5.91 Å². The molecule has 1 N–H and O–H groups in total. The van der Waals surface area contributed by atoms with E-state index in [-0.39, 0.29) is 18.8 Å². The van der Waals surface area contributed by atoms with Crippen molar-refractivity contribution in [2.24, 2.45) is 0 Å². The van der Waals surface area contributed by atoms with E-state index < -0.39 is 23.3 Å². The highest BCUT2D eigenvalue weighted by atomic mass is 32.1. The molecular formula is C25H20FNO6S. The summed E-state index contributed by atoms with van der Waals surface area (Å²) in [7, 11) is 0. The van der Waals surface area contributed by atoms with Crippen molar-refractivity contribution >= 4 is 39.2 Å². The van der Waals surface area contributed by atoms with Crippen LogP contribution in [0.2, 0.25) is 0 Å². The number of carbonyl (C=O) groups is 2. The van der Waals surface area contributed by atoms with Crippen molar-refractivity contribution in [2.45, 2.75) is 13.8 Å². The molecule has 0 saturated heterocycles. The molecular weight excluding hydrogens is 461 g/mol. The smallest absolute Gasteiger partial charge is 0.341 e. The molecule has 0 aliphatic heterocycles. The summed E-state index contributed by atoms with van der Waals surface area (Å²) >= 11 is 1.15. The summed E-state index contributed by atoms with van der Waals surface area (Å²) in [5.74, 6) is -1.14. The molecule has 0 saturated carbocycles. The van der Waals surface area contributed by atoms with Gasteiger partial charge in [0.15, 0.2) is 6.61 Å². The zero-order valence-corrected chi connectivity index (χ0v) is 19.2. The molecule has 0 radical (unpaired) electrons. The van der Waals surface area contributed by atoms with Crippen molar-refractivity contribution in [1.82, 2.24) is 0 Å². The van der Waals surface area contributed by atoms with E-state index in [1.807, 2.05) is 0 Å². The molecule has 2 heterocycles. The van der Waals surface area contributed by atoms with Gasteiger partial charge in [-0.15, -0.1) is 11.3 Å². The van der Waals surface area contributed by atoms with Gasteiger partial charge in [-0.1, -0.05) is 12.1 Å². The maximum absolute atomic E-state index is 13.3. The van der Waals surface area contributed by atoms with E-state index in [0.29, 0.717) is 27.5 Å². The molecule has 2 aromatic heterocycles. The second kappa shape index (κ2) is 9.88. The van der Waals surface area contributed by atoms with E-state index in [2.05, 4.69) is 5.32 Å². The van der Waals surface area contributed by atoms with Crippen LogP contribution in [-0.2, 0) is 9.53 Å².